The molecule has 118 valence electrons. The van der Waals surface area contributed by atoms with Gasteiger partial charge in [-0.15, -0.1) is 10.2 Å². The van der Waals surface area contributed by atoms with Crippen LogP contribution in [0.1, 0.15) is 17.4 Å². The number of carbonyl (C=O) groups is 1. The smallest absolute Gasteiger partial charge is 0.228 e. The first-order valence-corrected chi connectivity index (χ1v) is 8.33. The van der Waals surface area contributed by atoms with Crippen LogP contribution >= 0.6 is 11.8 Å². The first-order valence-electron chi connectivity index (χ1n) is 7.35. The number of hydrogen-bond acceptors (Lipinski definition) is 6. The molecule has 2 aromatic rings. The zero-order valence-electron chi connectivity index (χ0n) is 12.5. The first-order chi connectivity index (χ1) is 10.8. The number of nitrogens with zero attached hydrogens (tertiary/aromatic N) is 4. The van der Waals surface area contributed by atoms with Crippen LogP contribution in [0.25, 0.3) is 0 Å². The van der Waals surface area contributed by atoms with Crippen LogP contribution in [0.5, 0.6) is 0 Å². The zero-order chi connectivity index (χ0) is 15.4. The summed E-state index contributed by atoms with van der Waals surface area (Å²) in [5, 5.41) is 9.32. The van der Waals surface area contributed by atoms with Gasteiger partial charge in [0.05, 0.1) is 24.7 Å². The average Bonchev–Trinajstić information content (AvgIpc) is 3.22. The molecule has 3 rings (SSSR count). The standard InChI is InChI=1S/C14H19N5O2S/c1-2-19-13(18-6-8-21-9-7-18)16-17-14(19)22-10-12(20)11-4-3-5-15-11/h3-5,15H,2,6-10H2,1H3. The van der Waals surface area contributed by atoms with Gasteiger partial charge in [-0.05, 0) is 19.1 Å². The fourth-order valence-electron chi connectivity index (χ4n) is 2.37. The Morgan fingerprint density at radius 2 is 2.23 bits per heavy atom. The molecule has 0 aromatic carbocycles. The summed E-state index contributed by atoms with van der Waals surface area (Å²) >= 11 is 1.42. The molecular weight excluding hydrogens is 302 g/mol. The zero-order valence-corrected chi connectivity index (χ0v) is 13.3. The van der Waals surface area contributed by atoms with E-state index >= 15 is 0 Å². The van der Waals surface area contributed by atoms with E-state index in [-0.39, 0.29) is 5.78 Å². The lowest BCUT2D eigenvalue weighted by Gasteiger charge is -2.27. The molecule has 1 aliphatic rings. The summed E-state index contributed by atoms with van der Waals surface area (Å²) < 4.78 is 7.42. The third-order valence-corrected chi connectivity index (χ3v) is 4.50. The highest BCUT2D eigenvalue weighted by Crippen LogP contribution is 2.23. The lowest BCUT2D eigenvalue weighted by Crippen LogP contribution is -2.38. The molecule has 0 aliphatic carbocycles. The highest BCUT2D eigenvalue weighted by molar-refractivity contribution is 7.99. The molecule has 0 spiro atoms. The average molecular weight is 321 g/mol. The molecule has 7 nitrogen and oxygen atoms in total. The fraction of sp³-hybridized carbons (Fsp3) is 0.500. The summed E-state index contributed by atoms with van der Waals surface area (Å²) in [7, 11) is 0. The summed E-state index contributed by atoms with van der Waals surface area (Å²) in [6.07, 6.45) is 1.75. The van der Waals surface area contributed by atoms with Crippen molar-refractivity contribution in [2.45, 2.75) is 18.6 Å². The molecule has 8 heteroatoms. The van der Waals surface area contributed by atoms with Crippen molar-refractivity contribution in [1.29, 1.82) is 0 Å². The Labute approximate surface area is 133 Å². The number of hydrogen-bond donors (Lipinski definition) is 1. The van der Waals surface area contributed by atoms with Crippen molar-refractivity contribution in [3.05, 3.63) is 24.0 Å². The van der Waals surface area contributed by atoms with Crippen LogP contribution in [-0.4, -0.2) is 57.6 Å². The highest BCUT2D eigenvalue weighted by Gasteiger charge is 2.20. The van der Waals surface area contributed by atoms with E-state index in [1.807, 2.05) is 6.07 Å². The van der Waals surface area contributed by atoms with Crippen LogP contribution in [0.2, 0.25) is 0 Å². The number of anilines is 1. The normalized spacial score (nSPS) is 15.2. The Morgan fingerprint density at radius 3 is 2.91 bits per heavy atom. The number of thioether (sulfide) groups is 1. The minimum atomic E-state index is 0.0635. The van der Waals surface area contributed by atoms with Crippen molar-refractivity contribution in [3.8, 4) is 0 Å². The van der Waals surface area contributed by atoms with Crippen LogP contribution in [0.4, 0.5) is 5.95 Å². The maximum Gasteiger partial charge on any atom is 0.228 e. The summed E-state index contributed by atoms with van der Waals surface area (Å²) in [5.74, 6) is 1.27. The van der Waals surface area contributed by atoms with E-state index in [1.54, 1.807) is 12.3 Å². The molecule has 2 aromatic heterocycles. The van der Waals surface area contributed by atoms with E-state index in [0.29, 0.717) is 24.7 Å². The summed E-state index contributed by atoms with van der Waals surface area (Å²) in [6.45, 7) is 5.91. The Bertz CT molecular complexity index is 619. The number of Topliss-reactive ketones (excluding diaryl/α,β-unsaturated/α-hetero) is 1. The number of H-pyrrole nitrogens is 1. The molecule has 1 saturated heterocycles. The van der Waals surface area contributed by atoms with Gasteiger partial charge in [0, 0.05) is 25.8 Å². The van der Waals surface area contributed by atoms with Crippen molar-refractivity contribution in [3.63, 3.8) is 0 Å². The van der Waals surface area contributed by atoms with Crippen molar-refractivity contribution >= 4 is 23.5 Å². The Balaban J connectivity index is 1.68. The van der Waals surface area contributed by atoms with Crippen LogP contribution < -0.4 is 4.90 Å². The van der Waals surface area contributed by atoms with E-state index < -0.39 is 0 Å². The highest BCUT2D eigenvalue weighted by atomic mass is 32.2. The number of carbonyl (C=O) groups excluding carboxylic acids is 1. The van der Waals surface area contributed by atoms with E-state index in [4.69, 9.17) is 4.74 Å². The van der Waals surface area contributed by atoms with Crippen molar-refractivity contribution in [1.82, 2.24) is 19.7 Å². The molecule has 1 fully saturated rings. The number of aromatic amines is 1. The van der Waals surface area contributed by atoms with Crippen LogP contribution in [0, 0.1) is 0 Å². The van der Waals surface area contributed by atoms with Crippen LogP contribution in [-0.2, 0) is 11.3 Å². The van der Waals surface area contributed by atoms with Crippen molar-refractivity contribution in [2.24, 2.45) is 0 Å². The summed E-state index contributed by atoms with van der Waals surface area (Å²) in [4.78, 5) is 17.2. The van der Waals surface area contributed by atoms with Crippen molar-refractivity contribution in [2.75, 3.05) is 37.0 Å². The van der Waals surface area contributed by atoms with Crippen LogP contribution in [0.3, 0.4) is 0 Å². The maximum absolute atomic E-state index is 12.1. The van der Waals surface area contributed by atoms with E-state index in [2.05, 4.69) is 31.6 Å². The third-order valence-electron chi connectivity index (χ3n) is 3.54. The molecule has 0 radical (unpaired) electrons. The molecule has 1 aliphatic heterocycles. The Hall–Kier alpha value is -1.80. The second-order valence-electron chi connectivity index (χ2n) is 4.92. The predicted molar refractivity (Wildman–Crippen MR) is 84.6 cm³/mol. The van der Waals surface area contributed by atoms with Gasteiger partial charge in [0.1, 0.15) is 0 Å². The molecule has 0 saturated carbocycles. The van der Waals surface area contributed by atoms with Gasteiger partial charge in [-0.3, -0.25) is 9.36 Å². The second kappa shape index (κ2) is 6.97. The number of rotatable bonds is 6. The summed E-state index contributed by atoms with van der Waals surface area (Å²) in [5.41, 5.74) is 0.628. The Kier molecular flexibility index (Phi) is 4.79. The molecule has 0 unspecified atom stereocenters. The predicted octanol–water partition coefficient (Wildman–Crippen LogP) is 1.44. The summed E-state index contributed by atoms with van der Waals surface area (Å²) in [6, 6.07) is 3.61. The van der Waals surface area contributed by atoms with Gasteiger partial charge in [0.25, 0.3) is 0 Å². The lowest BCUT2D eigenvalue weighted by molar-refractivity contribution is 0.101. The molecule has 3 heterocycles. The van der Waals surface area contributed by atoms with Gasteiger partial charge in [-0.1, -0.05) is 11.8 Å². The van der Waals surface area contributed by atoms with Crippen molar-refractivity contribution < 1.29 is 9.53 Å². The quantitative estimate of drug-likeness (QED) is 0.641. The van der Waals surface area contributed by atoms with E-state index in [1.165, 1.54) is 11.8 Å². The molecular formula is C14H19N5O2S. The van der Waals surface area contributed by atoms with E-state index in [0.717, 1.165) is 30.7 Å². The Morgan fingerprint density at radius 1 is 1.41 bits per heavy atom. The van der Waals surface area contributed by atoms with Gasteiger partial charge in [-0.25, -0.2) is 0 Å². The first kappa shape index (κ1) is 15.1. The molecule has 1 N–H and O–H groups in total. The lowest BCUT2D eigenvalue weighted by atomic mass is 10.3. The topological polar surface area (TPSA) is 76.0 Å². The largest absolute Gasteiger partial charge is 0.378 e. The molecule has 0 atom stereocenters. The number of ether oxygens (including phenoxy) is 1. The minimum Gasteiger partial charge on any atom is -0.378 e. The second-order valence-corrected chi connectivity index (χ2v) is 5.86. The van der Waals surface area contributed by atoms with Crippen LogP contribution in [0.15, 0.2) is 23.5 Å². The van der Waals surface area contributed by atoms with Gasteiger partial charge in [-0.2, -0.15) is 0 Å². The number of ketones is 1. The number of morpholine rings is 1. The van der Waals surface area contributed by atoms with Gasteiger partial charge < -0.3 is 14.6 Å². The monoisotopic (exact) mass is 321 g/mol. The molecule has 0 amide bonds. The van der Waals surface area contributed by atoms with Gasteiger partial charge in [0.2, 0.25) is 5.95 Å². The molecule has 22 heavy (non-hydrogen) atoms. The third kappa shape index (κ3) is 3.17. The minimum absolute atomic E-state index is 0.0635. The van der Waals surface area contributed by atoms with Gasteiger partial charge >= 0.3 is 0 Å². The molecule has 0 bridgehead atoms. The van der Waals surface area contributed by atoms with E-state index in [9.17, 15) is 4.79 Å². The fourth-order valence-corrected chi connectivity index (χ4v) is 3.25. The SMILES string of the molecule is CCn1c(SCC(=O)c2ccc[nH]2)nnc1N1CCOCC1. The number of nitrogens with one attached hydrogen (secondary N) is 1. The number of aromatic nitrogens is 4. The van der Waals surface area contributed by atoms with Gasteiger partial charge in [0.15, 0.2) is 10.9 Å². The maximum atomic E-state index is 12.1.